The Bertz CT molecular complexity index is 1630. The van der Waals surface area contributed by atoms with Crippen LogP contribution in [0.3, 0.4) is 0 Å². The number of hydrogen-bond acceptors (Lipinski definition) is 6. The molecule has 42 heavy (non-hydrogen) atoms. The fourth-order valence-corrected chi connectivity index (χ4v) is 3.97. The molecule has 13 heteroatoms. The Morgan fingerprint density at radius 3 is 2.21 bits per heavy atom. The summed E-state index contributed by atoms with van der Waals surface area (Å²) >= 11 is 0. The highest BCUT2D eigenvalue weighted by Gasteiger charge is 2.31. The van der Waals surface area contributed by atoms with E-state index in [9.17, 15) is 27.2 Å². The first-order valence-corrected chi connectivity index (χ1v) is 12.6. The summed E-state index contributed by atoms with van der Waals surface area (Å²) in [6.45, 7) is 3.39. The van der Waals surface area contributed by atoms with Gasteiger partial charge in [-0.3, -0.25) is 4.79 Å². The molecule has 4 aromatic rings. The monoisotopic (exact) mass is 581 g/mol. The lowest BCUT2D eigenvalue weighted by molar-refractivity contribution is -0.137. The number of hydrogen-bond donors (Lipinski definition) is 4. The SMILES string of the molecule is CNC(=O)c1cc(Nc2ncc(F)c(N(C)c3ccc(NC(=O)Nc4cc(C(F)(F)F)ccc4C)cc3)n2)ccc1C. The zero-order valence-corrected chi connectivity index (χ0v) is 23.0. The molecule has 0 aliphatic heterocycles. The van der Waals surface area contributed by atoms with Gasteiger partial charge >= 0.3 is 12.2 Å². The molecule has 1 aromatic heterocycles. The zero-order valence-electron chi connectivity index (χ0n) is 23.0. The molecule has 0 saturated carbocycles. The van der Waals surface area contributed by atoms with Crippen LogP contribution in [0.25, 0.3) is 0 Å². The number of carbonyl (C=O) groups excluding carboxylic acids is 2. The molecule has 4 rings (SSSR count). The zero-order chi connectivity index (χ0) is 30.6. The van der Waals surface area contributed by atoms with Crippen molar-refractivity contribution >= 4 is 46.5 Å². The molecule has 0 radical (unpaired) electrons. The van der Waals surface area contributed by atoms with Gasteiger partial charge in [0, 0.05) is 42.4 Å². The Morgan fingerprint density at radius 1 is 0.881 bits per heavy atom. The van der Waals surface area contributed by atoms with Crippen LogP contribution >= 0.6 is 0 Å². The molecule has 0 aliphatic rings. The predicted molar refractivity (Wildman–Crippen MR) is 153 cm³/mol. The second kappa shape index (κ2) is 12.1. The number of rotatable bonds is 7. The van der Waals surface area contributed by atoms with Crippen molar-refractivity contribution in [1.29, 1.82) is 0 Å². The van der Waals surface area contributed by atoms with Crippen LogP contribution in [0.4, 0.5) is 56.9 Å². The summed E-state index contributed by atoms with van der Waals surface area (Å²) in [6.07, 6.45) is -3.52. The molecule has 0 spiro atoms. The first-order chi connectivity index (χ1) is 19.8. The van der Waals surface area contributed by atoms with Crippen LogP contribution in [0, 0.1) is 19.7 Å². The number of carbonyl (C=O) groups is 2. The summed E-state index contributed by atoms with van der Waals surface area (Å²) in [5.41, 5.74) is 2.27. The molecule has 9 nitrogen and oxygen atoms in total. The maximum atomic E-state index is 14.7. The Labute approximate surface area is 239 Å². The summed E-state index contributed by atoms with van der Waals surface area (Å²) in [5, 5.41) is 10.5. The van der Waals surface area contributed by atoms with Crippen LogP contribution in [0.2, 0.25) is 0 Å². The summed E-state index contributed by atoms with van der Waals surface area (Å²) < 4.78 is 53.8. The van der Waals surface area contributed by atoms with Gasteiger partial charge < -0.3 is 26.2 Å². The lowest BCUT2D eigenvalue weighted by Crippen LogP contribution is -2.20. The largest absolute Gasteiger partial charge is 0.416 e. The van der Waals surface area contributed by atoms with Crippen molar-refractivity contribution in [2.24, 2.45) is 0 Å². The maximum absolute atomic E-state index is 14.7. The van der Waals surface area contributed by atoms with E-state index in [1.54, 1.807) is 63.4 Å². The Hall–Kier alpha value is -5.20. The van der Waals surface area contributed by atoms with Gasteiger partial charge in [-0.2, -0.15) is 18.2 Å². The van der Waals surface area contributed by atoms with Gasteiger partial charge in [-0.15, -0.1) is 0 Å². The van der Waals surface area contributed by atoms with Gasteiger partial charge in [-0.05, 0) is 73.5 Å². The summed E-state index contributed by atoms with van der Waals surface area (Å²) in [4.78, 5) is 34.3. The van der Waals surface area contributed by atoms with Gasteiger partial charge in [-0.25, -0.2) is 14.2 Å². The molecule has 0 atom stereocenters. The Morgan fingerprint density at radius 2 is 1.55 bits per heavy atom. The molecule has 3 amide bonds. The van der Waals surface area contributed by atoms with E-state index in [0.717, 1.165) is 23.9 Å². The summed E-state index contributed by atoms with van der Waals surface area (Å²) in [5.74, 6) is -0.872. The van der Waals surface area contributed by atoms with E-state index >= 15 is 0 Å². The number of nitrogens with one attached hydrogen (secondary N) is 4. The van der Waals surface area contributed by atoms with Crippen molar-refractivity contribution in [2.45, 2.75) is 20.0 Å². The van der Waals surface area contributed by atoms with E-state index in [2.05, 4.69) is 31.2 Å². The van der Waals surface area contributed by atoms with E-state index in [4.69, 9.17) is 0 Å². The third kappa shape index (κ3) is 6.92. The minimum Gasteiger partial charge on any atom is -0.355 e. The lowest BCUT2D eigenvalue weighted by atomic mass is 10.1. The smallest absolute Gasteiger partial charge is 0.355 e. The van der Waals surface area contributed by atoms with Crippen molar-refractivity contribution in [3.8, 4) is 0 Å². The molecule has 0 unspecified atom stereocenters. The third-order valence-electron chi connectivity index (χ3n) is 6.33. The molecule has 0 fully saturated rings. The fraction of sp³-hybridized carbons (Fsp3) is 0.172. The predicted octanol–water partition coefficient (Wildman–Crippen LogP) is 6.77. The lowest BCUT2D eigenvalue weighted by Gasteiger charge is -2.20. The number of anilines is 6. The highest BCUT2D eigenvalue weighted by Crippen LogP contribution is 2.32. The van der Waals surface area contributed by atoms with Crippen molar-refractivity contribution in [1.82, 2.24) is 15.3 Å². The number of halogens is 4. The quantitative estimate of drug-likeness (QED) is 0.179. The average Bonchev–Trinajstić information content (AvgIpc) is 2.95. The maximum Gasteiger partial charge on any atom is 0.416 e. The van der Waals surface area contributed by atoms with E-state index in [1.165, 1.54) is 18.0 Å². The molecule has 1 heterocycles. The van der Waals surface area contributed by atoms with Gasteiger partial charge in [0.25, 0.3) is 5.91 Å². The van der Waals surface area contributed by atoms with Crippen molar-refractivity contribution < 1.29 is 27.2 Å². The number of nitrogens with zero attached hydrogens (tertiary/aromatic N) is 3. The van der Waals surface area contributed by atoms with Crippen LogP contribution < -0.4 is 26.2 Å². The Balaban J connectivity index is 1.46. The summed E-state index contributed by atoms with van der Waals surface area (Å²) in [7, 11) is 3.13. The van der Waals surface area contributed by atoms with Gasteiger partial charge in [0.15, 0.2) is 11.6 Å². The van der Waals surface area contributed by atoms with E-state index in [-0.39, 0.29) is 23.4 Å². The van der Waals surface area contributed by atoms with E-state index in [1.807, 2.05) is 0 Å². The van der Waals surface area contributed by atoms with E-state index in [0.29, 0.717) is 28.2 Å². The molecular formula is C29H27F4N7O2. The minimum atomic E-state index is -4.54. The van der Waals surface area contributed by atoms with Crippen molar-refractivity contribution in [2.75, 3.05) is 34.9 Å². The van der Waals surface area contributed by atoms with Gasteiger partial charge in [0.1, 0.15) is 0 Å². The molecule has 218 valence electrons. The Kier molecular flexibility index (Phi) is 8.59. The van der Waals surface area contributed by atoms with Crippen LogP contribution in [-0.4, -0.2) is 36.0 Å². The second-order valence-corrected chi connectivity index (χ2v) is 9.31. The first-order valence-electron chi connectivity index (χ1n) is 12.6. The number of urea groups is 1. The number of alkyl halides is 3. The summed E-state index contributed by atoms with van der Waals surface area (Å²) in [6, 6.07) is 13.8. The van der Waals surface area contributed by atoms with Gasteiger partial charge in [0.2, 0.25) is 5.95 Å². The van der Waals surface area contributed by atoms with Crippen molar-refractivity contribution in [3.63, 3.8) is 0 Å². The standard InChI is InChI=1S/C29H27F4N7O2/c1-16-6-8-20(14-22(16)26(41)34-3)36-27-35-15-23(30)25(39-27)40(4)21-11-9-19(10-12-21)37-28(42)38-24-13-18(29(31,32)33)7-5-17(24)2/h5-15H,1-4H3,(H,34,41)(H,35,36,39)(H2,37,38,42). The molecule has 0 bridgehead atoms. The van der Waals surface area contributed by atoms with Crippen LogP contribution in [0.1, 0.15) is 27.0 Å². The highest BCUT2D eigenvalue weighted by atomic mass is 19.4. The van der Waals surface area contributed by atoms with Crippen LogP contribution in [0.5, 0.6) is 0 Å². The van der Waals surface area contributed by atoms with Crippen LogP contribution in [-0.2, 0) is 6.18 Å². The van der Waals surface area contributed by atoms with Crippen molar-refractivity contribution in [3.05, 3.63) is 94.9 Å². The average molecular weight is 582 g/mol. The third-order valence-corrected chi connectivity index (χ3v) is 6.33. The molecule has 0 aliphatic carbocycles. The van der Waals surface area contributed by atoms with Crippen LogP contribution in [0.15, 0.2) is 66.9 Å². The van der Waals surface area contributed by atoms with E-state index < -0.39 is 23.6 Å². The molecule has 3 aromatic carbocycles. The molecule has 4 N–H and O–H groups in total. The first kappa shape index (κ1) is 29.8. The topological polar surface area (TPSA) is 111 Å². The normalized spacial score (nSPS) is 11.0. The number of benzene rings is 3. The second-order valence-electron chi connectivity index (χ2n) is 9.31. The number of aryl methyl sites for hydroxylation is 2. The molecule has 0 saturated heterocycles. The number of amides is 3. The fourth-order valence-electron chi connectivity index (χ4n) is 3.97. The highest BCUT2D eigenvalue weighted by molar-refractivity contribution is 6.00. The molecular weight excluding hydrogens is 554 g/mol. The minimum absolute atomic E-state index is 0.0258. The van der Waals surface area contributed by atoms with Gasteiger partial charge in [0.05, 0.1) is 11.8 Å². The van der Waals surface area contributed by atoms with Gasteiger partial charge in [-0.1, -0.05) is 12.1 Å². The number of aromatic nitrogens is 2.